The van der Waals surface area contributed by atoms with E-state index in [-0.39, 0.29) is 12.0 Å². The number of nitrogens with one attached hydrogen (secondary N) is 1. The highest BCUT2D eigenvalue weighted by Crippen LogP contribution is 2.65. The van der Waals surface area contributed by atoms with Crippen molar-refractivity contribution >= 4 is 23.2 Å². The summed E-state index contributed by atoms with van der Waals surface area (Å²) in [6, 6.07) is 0. The monoisotopic (exact) mass is 496 g/mol. The van der Waals surface area contributed by atoms with Gasteiger partial charge in [-0.25, -0.2) is 18.2 Å². The minimum atomic E-state index is -5.58. The van der Waals surface area contributed by atoms with Gasteiger partial charge in [-0.2, -0.15) is 4.31 Å². The summed E-state index contributed by atoms with van der Waals surface area (Å²) in [4.78, 5) is 60.8. The van der Waals surface area contributed by atoms with E-state index >= 15 is 0 Å². The third-order valence-electron chi connectivity index (χ3n) is 3.64. The highest BCUT2D eigenvalue weighted by atomic mass is 31.3. The molecule has 1 aliphatic rings. The van der Waals surface area contributed by atoms with E-state index in [0.29, 0.717) is 0 Å². The van der Waals surface area contributed by atoms with Crippen molar-refractivity contribution in [1.29, 1.82) is 0 Å². The van der Waals surface area contributed by atoms with Crippen LogP contribution in [0.5, 0.6) is 0 Å². The van der Waals surface area contributed by atoms with Gasteiger partial charge in [0.15, 0.2) is 0 Å². The fourth-order valence-corrected chi connectivity index (χ4v) is 5.73. The van der Waals surface area contributed by atoms with Crippen molar-refractivity contribution in [2.75, 3.05) is 13.0 Å². The van der Waals surface area contributed by atoms with Crippen LogP contribution in [-0.4, -0.2) is 59.4 Å². The van der Waals surface area contributed by atoms with Crippen molar-refractivity contribution in [3.63, 3.8) is 0 Å². The average molecular weight is 496 g/mol. The lowest BCUT2D eigenvalue weighted by atomic mass is 10.2. The lowest BCUT2D eigenvalue weighted by Crippen LogP contribution is -2.33. The van der Waals surface area contributed by atoms with Gasteiger partial charge in [0.2, 0.25) is 0 Å². The van der Waals surface area contributed by atoms with Gasteiger partial charge in [-0.05, 0) is 6.92 Å². The molecule has 172 valence electrons. The SMILES string of the molecule is Cc1cn([C@H]2C[C@H](O)[C@@H](COCP(=O)(O)OP(=O)(O)OP(=O)(O)O)O2)c(=O)[nH]c1=O. The molecule has 1 aromatic heterocycles. The summed E-state index contributed by atoms with van der Waals surface area (Å²) in [6.45, 7) is 0.938. The molecule has 0 radical (unpaired) electrons. The summed E-state index contributed by atoms with van der Waals surface area (Å²) in [5, 5.41) is 10.0. The number of rotatable bonds is 9. The molecule has 0 saturated carbocycles. The Kier molecular flexibility index (Phi) is 7.79. The molecule has 2 rings (SSSR count). The molecule has 19 heteroatoms. The zero-order valence-electron chi connectivity index (χ0n) is 15.1. The molecule has 0 aromatic carbocycles. The molecule has 1 aromatic rings. The highest BCUT2D eigenvalue weighted by Gasteiger charge is 2.40. The van der Waals surface area contributed by atoms with Crippen LogP contribution in [0.15, 0.2) is 15.8 Å². The lowest BCUT2D eigenvalue weighted by molar-refractivity contribution is -0.0586. The van der Waals surface area contributed by atoms with E-state index in [9.17, 15) is 33.3 Å². The van der Waals surface area contributed by atoms with E-state index in [2.05, 4.69) is 13.6 Å². The number of aliphatic hydroxyl groups excluding tert-OH is 1. The predicted octanol–water partition coefficient (Wildman–Crippen LogP) is -1.12. The van der Waals surface area contributed by atoms with Gasteiger partial charge >= 0.3 is 28.9 Å². The number of ether oxygens (including phenoxy) is 2. The van der Waals surface area contributed by atoms with E-state index < -0.39 is 65.9 Å². The van der Waals surface area contributed by atoms with Crippen LogP contribution in [0.1, 0.15) is 18.2 Å². The first kappa shape index (κ1) is 25.3. The molecule has 30 heavy (non-hydrogen) atoms. The Bertz CT molecular complexity index is 1030. The third-order valence-corrected chi connectivity index (χ3v) is 7.67. The second-order valence-corrected chi connectivity index (χ2v) is 10.9. The zero-order valence-corrected chi connectivity index (χ0v) is 17.8. The summed E-state index contributed by atoms with van der Waals surface area (Å²) in [6.07, 6.45) is -3.28. The topological polar surface area (TPSA) is 244 Å². The van der Waals surface area contributed by atoms with E-state index in [1.54, 1.807) is 0 Å². The van der Waals surface area contributed by atoms with Crippen LogP contribution < -0.4 is 11.2 Å². The molecule has 2 heterocycles. The summed E-state index contributed by atoms with van der Waals surface area (Å²) >= 11 is 0. The van der Waals surface area contributed by atoms with E-state index in [1.165, 1.54) is 13.1 Å². The number of hydrogen-bond donors (Lipinski definition) is 6. The number of H-pyrrole nitrogens is 1. The normalized spacial score (nSPS) is 26.3. The van der Waals surface area contributed by atoms with Gasteiger partial charge in [0.25, 0.3) is 5.56 Å². The van der Waals surface area contributed by atoms with E-state index in [0.717, 1.165) is 4.57 Å². The molecule has 1 saturated heterocycles. The Balaban J connectivity index is 1.94. The Morgan fingerprint density at radius 1 is 1.20 bits per heavy atom. The van der Waals surface area contributed by atoms with E-state index in [1.807, 2.05) is 0 Å². The van der Waals surface area contributed by atoms with Gasteiger partial charge in [0.05, 0.1) is 12.7 Å². The molecule has 1 aliphatic heterocycles. The minimum absolute atomic E-state index is 0.0747. The molecule has 1 fully saturated rings. The summed E-state index contributed by atoms with van der Waals surface area (Å²) in [5.41, 5.74) is -1.14. The molecule has 0 aliphatic carbocycles. The first-order valence-corrected chi connectivity index (χ1v) is 12.7. The molecule has 0 spiro atoms. The molecule has 0 amide bonds. The van der Waals surface area contributed by atoms with Crippen molar-refractivity contribution < 1.29 is 56.5 Å². The maximum Gasteiger partial charge on any atom is 0.488 e. The number of phosphoric acid groups is 2. The fourth-order valence-electron chi connectivity index (χ4n) is 2.45. The van der Waals surface area contributed by atoms with Crippen molar-refractivity contribution in [3.05, 3.63) is 32.6 Å². The van der Waals surface area contributed by atoms with Gasteiger partial charge < -0.3 is 34.2 Å². The Morgan fingerprint density at radius 2 is 1.83 bits per heavy atom. The lowest BCUT2D eigenvalue weighted by Gasteiger charge is -2.19. The van der Waals surface area contributed by atoms with Gasteiger partial charge in [-0.3, -0.25) is 18.9 Å². The summed E-state index contributed by atoms with van der Waals surface area (Å²) in [5.74, 6) is 0. The Morgan fingerprint density at radius 3 is 2.43 bits per heavy atom. The Hall–Kier alpha value is -0.990. The van der Waals surface area contributed by atoms with Gasteiger partial charge in [-0.1, -0.05) is 0 Å². The number of hydrogen-bond acceptors (Lipinski definition) is 10. The first-order valence-electron chi connectivity index (χ1n) is 7.95. The zero-order chi connectivity index (χ0) is 22.9. The molecule has 16 nitrogen and oxygen atoms in total. The van der Waals surface area contributed by atoms with Crippen molar-refractivity contribution in [3.8, 4) is 0 Å². The molecule has 2 unspecified atom stereocenters. The number of aliphatic hydroxyl groups is 1. The van der Waals surface area contributed by atoms with Crippen LogP contribution in [0.4, 0.5) is 0 Å². The number of aryl methyl sites for hydroxylation is 1. The van der Waals surface area contributed by atoms with Crippen molar-refractivity contribution in [2.45, 2.75) is 31.8 Å². The van der Waals surface area contributed by atoms with Crippen LogP contribution in [0.2, 0.25) is 0 Å². The van der Waals surface area contributed by atoms with Gasteiger partial charge in [0.1, 0.15) is 18.7 Å². The van der Waals surface area contributed by atoms with Crippen LogP contribution >= 0.6 is 23.2 Å². The third kappa shape index (κ3) is 7.31. The Labute approximate surface area is 167 Å². The highest BCUT2D eigenvalue weighted by molar-refractivity contribution is 7.68. The van der Waals surface area contributed by atoms with Crippen molar-refractivity contribution in [2.24, 2.45) is 0 Å². The second kappa shape index (κ2) is 9.25. The minimum Gasteiger partial charge on any atom is -0.390 e. The number of nitrogens with zero attached hydrogens (tertiary/aromatic N) is 1. The summed E-state index contributed by atoms with van der Waals surface area (Å²) in [7, 11) is -16.1. The summed E-state index contributed by atoms with van der Waals surface area (Å²) < 4.78 is 52.1. The average Bonchev–Trinajstić information content (AvgIpc) is 2.88. The number of aromatic nitrogens is 2. The standard InChI is InChI=1S/C11H19N2O14P3/c1-6-3-13(11(16)12-10(6)15)9-2-7(14)8(25-9)4-24-5-28(17,18)26-30(22,23)27-29(19,20)21/h3,7-9,14H,2,4-5H2,1H3,(H,17,18)(H,22,23)(H,12,15,16)(H2,19,20,21)/t7-,8+,9+/m0/s1. The quantitative estimate of drug-likeness (QED) is 0.222. The van der Waals surface area contributed by atoms with E-state index in [4.69, 9.17) is 24.2 Å². The molecular formula is C11H19N2O14P3. The smallest absolute Gasteiger partial charge is 0.390 e. The van der Waals surface area contributed by atoms with Crippen molar-refractivity contribution in [1.82, 2.24) is 9.55 Å². The first-order chi connectivity index (χ1) is 13.6. The predicted molar refractivity (Wildman–Crippen MR) is 95.3 cm³/mol. The number of aromatic amines is 1. The maximum absolute atomic E-state index is 11.9. The molecule has 6 N–H and O–H groups in total. The van der Waals surface area contributed by atoms with Crippen LogP contribution in [-0.2, 0) is 31.8 Å². The van der Waals surface area contributed by atoms with Gasteiger partial charge in [0, 0.05) is 18.2 Å². The van der Waals surface area contributed by atoms with Crippen LogP contribution in [0.25, 0.3) is 0 Å². The maximum atomic E-state index is 11.9. The molecule has 5 atom stereocenters. The molecular weight excluding hydrogens is 477 g/mol. The largest absolute Gasteiger partial charge is 0.488 e. The molecule has 0 bridgehead atoms. The van der Waals surface area contributed by atoms with Crippen LogP contribution in [0, 0.1) is 6.92 Å². The van der Waals surface area contributed by atoms with Crippen LogP contribution in [0.3, 0.4) is 0 Å². The van der Waals surface area contributed by atoms with Gasteiger partial charge in [-0.15, -0.1) is 0 Å². The fraction of sp³-hybridized carbons (Fsp3) is 0.636. The second-order valence-electron chi connectivity index (χ2n) is 6.17.